The van der Waals surface area contributed by atoms with Gasteiger partial charge in [-0.2, -0.15) is 0 Å². The molecule has 0 fully saturated rings. The van der Waals surface area contributed by atoms with Crippen LogP contribution in [0.3, 0.4) is 0 Å². The molecule has 0 atom stereocenters. The molecular formula is C18H27NO4. The van der Waals surface area contributed by atoms with Gasteiger partial charge in [0.05, 0.1) is 13.0 Å². The van der Waals surface area contributed by atoms with Crippen molar-refractivity contribution in [2.45, 2.75) is 32.6 Å². The summed E-state index contributed by atoms with van der Waals surface area (Å²) < 4.78 is 10.6. The number of esters is 1. The van der Waals surface area contributed by atoms with Crippen molar-refractivity contribution in [1.29, 1.82) is 0 Å². The molecule has 0 aromatic heterocycles. The van der Waals surface area contributed by atoms with Crippen LogP contribution in [0.5, 0.6) is 5.75 Å². The molecule has 0 aliphatic carbocycles. The number of likely N-dealkylation sites (N-methyl/N-ethyl adjacent to an activating group) is 1. The van der Waals surface area contributed by atoms with E-state index < -0.39 is 0 Å². The van der Waals surface area contributed by atoms with E-state index in [9.17, 15) is 9.59 Å². The number of rotatable bonds is 11. The first-order chi connectivity index (χ1) is 11.0. The number of nitrogens with zero attached hydrogens (tertiary/aromatic N) is 1. The Kier molecular flexibility index (Phi) is 8.98. The van der Waals surface area contributed by atoms with Gasteiger partial charge in [-0.05, 0) is 44.8 Å². The molecule has 5 heteroatoms. The topological polar surface area (TPSA) is 55.8 Å². The molecule has 1 aromatic carbocycles. The number of hydrogen-bond donors (Lipinski definition) is 0. The maximum atomic E-state index is 12.0. The summed E-state index contributed by atoms with van der Waals surface area (Å²) in [6, 6.07) is 7.02. The van der Waals surface area contributed by atoms with Gasteiger partial charge in [0.1, 0.15) is 12.4 Å². The van der Waals surface area contributed by atoms with Gasteiger partial charge in [0.2, 0.25) is 0 Å². The molecule has 0 bridgehead atoms. The van der Waals surface area contributed by atoms with E-state index in [0.29, 0.717) is 18.8 Å². The minimum absolute atomic E-state index is 0.0581. The van der Waals surface area contributed by atoms with Crippen LogP contribution in [0, 0.1) is 0 Å². The van der Waals surface area contributed by atoms with Crippen molar-refractivity contribution in [2.75, 3.05) is 33.9 Å². The number of carbonyl (C=O) groups is 2. The third-order valence-electron chi connectivity index (χ3n) is 3.30. The quantitative estimate of drug-likeness (QED) is 0.356. The van der Waals surface area contributed by atoms with E-state index >= 15 is 0 Å². The van der Waals surface area contributed by atoms with Crippen molar-refractivity contribution in [3.05, 3.63) is 29.8 Å². The Morgan fingerprint density at radius 3 is 2.35 bits per heavy atom. The molecule has 0 amide bonds. The summed E-state index contributed by atoms with van der Waals surface area (Å²) in [6.07, 6.45) is 2.14. The molecule has 23 heavy (non-hydrogen) atoms. The Balaban J connectivity index is 2.34. The molecule has 0 saturated heterocycles. The number of ether oxygens (including phenoxy) is 2. The van der Waals surface area contributed by atoms with Crippen LogP contribution in [-0.2, 0) is 9.53 Å². The fourth-order valence-electron chi connectivity index (χ4n) is 1.85. The fourth-order valence-corrected chi connectivity index (χ4v) is 1.85. The SMILES string of the molecule is CCCCOC(=O)CCC(=O)c1ccc(OCCN(C)C)cc1. The van der Waals surface area contributed by atoms with Gasteiger partial charge < -0.3 is 14.4 Å². The molecule has 0 unspecified atom stereocenters. The first kappa shape index (κ1) is 19.2. The lowest BCUT2D eigenvalue weighted by molar-refractivity contribution is -0.143. The van der Waals surface area contributed by atoms with Gasteiger partial charge in [-0.3, -0.25) is 9.59 Å². The average Bonchev–Trinajstić information content (AvgIpc) is 2.53. The molecule has 0 spiro atoms. The van der Waals surface area contributed by atoms with Crippen molar-refractivity contribution in [3.8, 4) is 5.75 Å². The highest BCUT2D eigenvalue weighted by molar-refractivity contribution is 5.97. The first-order valence-electron chi connectivity index (χ1n) is 8.09. The Bertz CT molecular complexity index is 482. The van der Waals surface area contributed by atoms with Crippen molar-refractivity contribution in [1.82, 2.24) is 4.90 Å². The zero-order chi connectivity index (χ0) is 17.1. The number of ketones is 1. The molecule has 1 rings (SSSR count). The summed E-state index contributed by atoms with van der Waals surface area (Å²) in [5.74, 6) is 0.370. The van der Waals surface area contributed by atoms with Crippen molar-refractivity contribution in [2.24, 2.45) is 0 Å². The molecular weight excluding hydrogens is 294 g/mol. The Morgan fingerprint density at radius 2 is 1.74 bits per heavy atom. The van der Waals surface area contributed by atoms with E-state index in [-0.39, 0.29) is 24.6 Å². The minimum Gasteiger partial charge on any atom is -0.492 e. The van der Waals surface area contributed by atoms with Crippen molar-refractivity contribution in [3.63, 3.8) is 0 Å². The number of Topliss-reactive ketones (excluding diaryl/α,β-unsaturated/α-hetero) is 1. The van der Waals surface area contributed by atoms with E-state index in [2.05, 4.69) is 0 Å². The van der Waals surface area contributed by atoms with Crippen LogP contribution in [0.15, 0.2) is 24.3 Å². The second-order valence-electron chi connectivity index (χ2n) is 5.67. The van der Waals surface area contributed by atoms with Crippen LogP contribution in [0.1, 0.15) is 43.0 Å². The molecule has 0 heterocycles. The van der Waals surface area contributed by atoms with Crippen molar-refractivity contribution >= 4 is 11.8 Å². The summed E-state index contributed by atoms with van der Waals surface area (Å²) >= 11 is 0. The molecule has 0 saturated carbocycles. The second-order valence-corrected chi connectivity index (χ2v) is 5.67. The summed E-state index contributed by atoms with van der Waals surface area (Å²) in [5, 5.41) is 0. The van der Waals surface area contributed by atoms with Crippen LogP contribution < -0.4 is 4.74 Å². The molecule has 1 aromatic rings. The maximum absolute atomic E-state index is 12.0. The Hall–Kier alpha value is -1.88. The van der Waals surface area contributed by atoms with E-state index in [4.69, 9.17) is 9.47 Å². The van der Waals surface area contributed by atoms with Gasteiger partial charge in [-0.15, -0.1) is 0 Å². The molecule has 0 radical (unpaired) electrons. The number of hydrogen-bond acceptors (Lipinski definition) is 5. The molecule has 128 valence electrons. The third-order valence-corrected chi connectivity index (χ3v) is 3.30. The van der Waals surface area contributed by atoms with Gasteiger partial charge >= 0.3 is 5.97 Å². The zero-order valence-corrected chi connectivity index (χ0v) is 14.3. The summed E-state index contributed by atoms with van der Waals surface area (Å²) in [5.41, 5.74) is 0.589. The normalized spacial score (nSPS) is 10.6. The zero-order valence-electron chi connectivity index (χ0n) is 14.3. The predicted octanol–water partition coefficient (Wildman–Crippen LogP) is 2.93. The number of benzene rings is 1. The Labute approximate surface area is 138 Å². The van der Waals surface area contributed by atoms with Crippen LogP contribution in [0.2, 0.25) is 0 Å². The second kappa shape index (κ2) is 10.8. The van der Waals surface area contributed by atoms with Crippen LogP contribution in [0.25, 0.3) is 0 Å². The standard InChI is InChI=1S/C18H27NO4/c1-4-5-13-23-18(21)11-10-17(20)15-6-8-16(9-7-15)22-14-12-19(2)3/h6-9H,4-5,10-14H2,1-3H3. The third kappa shape index (κ3) is 8.35. The first-order valence-corrected chi connectivity index (χ1v) is 8.09. The average molecular weight is 321 g/mol. The van der Waals surface area contributed by atoms with E-state index in [1.165, 1.54) is 0 Å². The van der Waals surface area contributed by atoms with Crippen LogP contribution in [-0.4, -0.2) is 50.5 Å². The summed E-state index contributed by atoms with van der Waals surface area (Å²) in [4.78, 5) is 25.6. The van der Waals surface area contributed by atoms with Crippen LogP contribution in [0.4, 0.5) is 0 Å². The monoisotopic (exact) mass is 321 g/mol. The summed E-state index contributed by atoms with van der Waals surface area (Å²) in [6.45, 7) is 3.90. The number of carbonyl (C=O) groups excluding carboxylic acids is 2. The lowest BCUT2D eigenvalue weighted by atomic mass is 10.1. The van der Waals surface area contributed by atoms with Gasteiger partial charge in [-0.1, -0.05) is 13.3 Å². The smallest absolute Gasteiger partial charge is 0.306 e. The highest BCUT2D eigenvalue weighted by Gasteiger charge is 2.10. The number of unbranched alkanes of at least 4 members (excludes halogenated alkanes) is 1. The van der Waals surface area contributed by atoms with E-state index in [1.54, 1.807) is 24.3 Å². The van der Waals surface area contributed by atoms with E-state index in [0.717, 1.165) is 25.1 Å². The predicted molar refractivity (Wildman–Crippen MR) is 89.9 cm³/mol. The minimum atomic E-state index is -0.310. The highest BCUT2D eigenvalue weighted by Crippen LogP contribution is 2.14. The van der Waals surface area contributed by atoms with E-state index in [1.807, 2.05) is 25.9 Å². The van der Waals surface area contributed by atoms with Gasteiger partial charge in [-0.25, -0.2) is 0 Å². The van der Waals surface area contributed by atoms with Crippen LogP contribution >= 0.6 is 0 Å². The van der Waals surface area contributed by atoms with Gasteiger partial charge in [0.15, 0.2) is 5.78 Å². The summed E-state index contributed by atoms with van der Waals surface area (Å²) in [7, 11) is 3.97. The highest BCUT2D eigenvalue weighted by atomic mass is 16.5. The van der Waals surface area contributed by atoms with Crippen molar-refractivity contribution < 1.29 is 19.1 Å². The maximum Gasteiger partial charge on any atom is 0.306 e. The lowest BCUT2D eigenvalue weighted by Gasteiger charge is -2.11. The molecule has 5 nitrogen and oxygen atoms in total. The lowest BCUT2D eigenvalue weighted by Crippen LogP contribution is -2.19. The molecule has 0 aliphatic heterocycles. The molecule has 0 N–H and O–H groups in total. The largest absolute Gasteiger partial charge is 0.492 e. The van der Waals surface area contributed by atoms with Gasteiger partial charge in [0.25, 0.3) is 0 Å². The Morgan fingerprint density at radius 1 is 1.04 bits per heavy atom. The molecule has 0 aliphatic rings. The fraction of sp³-hybridized carbons (Fsp3) is 0.556. The van der Waals surface area contributed by atoms with Gasteiger partial charge in [0, 0.05) is 18.5 Å².